The summed E-state index contributed by atoms with van der Waals surface area (Å²) >= 11 is 0. The van der Waals surface area contributed by atoms with E-state index in [1.165, 1.54) is 30.4 Å². The second-order valence-electron chi connectivity index (χ2n) is 5.04. The molecule has 22 heavy (non-hydrogen) atoms. The first-order valence-electron chi connectivity index (χ1n) is 6.84. The molecule has 0 saturated carbocycles. The lowest BCUT2D eigenvalue weighted by Gasteiger charge is -2.24. The number of carbonyl (C=O) groups is 1. The van der Waals surface area contributed by atoms with Crippen LogP contribution in [-0.4, -0.2) is 30.5 Å². The Morgan fingerprint density at radius 2 is 1.91 bits per heavy atom. The molecule has 0 spiro atoms. The largest absolute Gasteiger partial charge is 0.295 e. The number of hydrogen-bond donors (Lipinski definition) is 0. The molecule has 0 radical (unpaired) electrons. The molecule has 6 heteroatoms. The SMILES string of the molecule is CC(=O)c1cccc(S(=O)(=O)N(C)C(C)c2ccccn2)c1. The summed E-state index contributed by atoms with van der Waals surface area (Å²) < 4.78 is 26.7. The van der Waals surface area contributed by atoms with Crippen LogP contribution in [0.3, 0.4) is 0 Å². The number of pyridine rings is 1. The van der Waals surface area contributed by atoms with Crippen molar-refractivity contribution in [1.29, 1.82) is 0 Å². The molecule has 0 N–H and O–H groups in total. The van der Waals surface area contributed by atoms with Gasteiger partial charge in [-0.25, -0.2) is 8.42 Å². The van der Waals surface area contributed by atoms with E-state index in [4.69, 9.17) is 0 Å². The molecule has 0 fully saturated rings. The topological polar surface area (TPSA) is 67.3 Å². The van der Waals surface area contributed by atoms with Crippen LogP contribution in [0.2, 0.25) is 0 Å². The van der Waals surface area contributed by atoms with Gasteiger partial charge in [-0.3, -0.25) is 9.78 Å². The van der Waals surface area contributed by atoms with Crippen LogP contribution in [0.15, 0.2) is 53.6 Å². The van der Waals surface area contributed by atoms with Gasteiger partial charge in [0, 0.05) is 18.8 Å². The first-order chi connectivity index (χ1) is 10.3. The van der Waals surface area contributed by atoms with Crippen molar-refractivity contribution in [1.82, 2.24) is 9.29 Å². The fourth-order valence-electron chi connectivity index (χ4n) is 2.06. The van der Waals surface area contributed by atoms with Gasteiger partial charge in [-0.2, -0.15) is 4.31 Å². The molecule has 1 aromatic carbocycles. The minimum atomic E-state index is -3.70. The summed E-state index contributed by atoms with van der Waals surface area (Å²) in [5.41, 5.74) is 1.04. The van der Waals surface area contributed by atoms with E-state index in [2.05, 4.69) is 4.98 Å². The van der Waals surface area contributed by atoms with E-state index >= 15 is 0 Å². The molecule has 0 aliphatic heterocycles. The molecule has 1 heterocycles. The minimum absolute atomic E-state index is 0.102. The van der Waals surface area contributed by atoms with E-state index in [1.54, 1.807) is 37.4 Å². The number of sulfonamides is 1. The highest BCUT2D eigenvalue weighted by atomic mass is 32.2. The number of Topliss-reactive ketones (excluding diaryl/α,β-unsaturated/α-hetero) is 1. The lowest BCUT2D eigenvalue weighted by atomic mass is 10.2. The average molecular weight is 318 g/mol. The molecule has 116 valence electrons. The number of carbonyl (C=O) groups excluding carboxylic acids is 1. The Morgan fingerprint density at radius 1 is 1.18 bits per heavy atom. The van der Waals surface area contributed by atoms with E-state index in [9.17, 15) is 13.2 Å². The molecule has 0 saturated heterocycles. The van der Waals surface area contributed by atoms with Gasteiger partial charge < -0.3 is 0 Å². The zero-order chi connectivity index (χ0) is 16.3. The molecular formula is C16H18N2O3S. The third-order valence-corrected chi connectivity index (χ3v) is 5.50. The number of aromatic nitrogens is 1. The maximum atomic E-state index is 12.7. The molecule has 0 bridgehead atoms. The molecular weight excluding hydrogens is 300 g/mol. The van der Waals surface area contributed by atoms with Gasteiger partial charge in [0.05, 0.1) is 16.6 Å². The van der Waals surface area contributed by atoms with E-state index in [0.717, 1.165) is 0 Å². The zero-order valence-electron chi connectivity index (χ0n) is 12.7. The number of nitrogens with zero attached hydrogens (tertiary/aromatic N) is 2. The third kappa shape index (κ3) is 3.23. The van der Waals surface area contributed by atoms with Crippen molar-refractivity contribution in [2.75, 3.05) is 7.05 Å². The van der Waals surface area contributed by atoms with Crippen LogP contribution in [0.1, 0.15) is 35.9 Å². The predicted octanol–water partition coefficient (Wildman–Crippen LogP) is 2.67. The van der Waals surface area contributed by atoms with Crippen molar-refractivity contribution in [2.24, 2.45) is 0 Å². The highest BCUT2D eigenvalue weighted by Crippen LogP contribution is 2.24. The predicted molar refractivity (Wildman–Crippen MR) is 84.0 cm³/mol. The summed E-state index contributed by atoms with van der Waals surface area (Å²) in [6.07, 6.45) is 1.63. The van der Waals surface area contributed by atoms with Crippen molar-refractivity contribution in [3.63, 3.8) is 0 Å². The third-order valence-electron chi connectivity index (χ3n) is 3.58. The number of hydrogen-bond acceptors (Lipinski definition) is 4. The van der Waals surface area contributed by atoms with Crippen LogP contribution in [0.5, 0.6) is 0 Å². The molecule has 2 aromatic rings. The molecule has 5 nitrogen and oxygen atoms in total. The van der Waals surface area contributed by atoms with Gasteiger partial charge in [0.2, 0.25) is 10.0 Å². The van der Waals surface area contributed by atoms with Gasteiger partial charge in [0.15, 0.2) is 5.78 Å². The molecule has 1 atom stereocenters. The lowest BCUT2D eigenvalue weighted by Crippen LogP contribution is -2.30. The Morgan fingerprint density at radius 3 is 2.50 bits per heavy atom. The van der Waals surface area contributed by atoms with Crippen LogP contribution < -0.4 is 0 Å². The first-order valence-corrected chi connectivity index (χ1v) is 8.28. The summed E-state index contributed by atoms with van der Waals surface area (Å²) in [6, 6.07) is 11.0. The zero-order valence-corrected chi connectivity index (χ0v) is 13.5. The summed E-state index contributed by atoms with van der Waals surface area (Å²) in [5.74, 6) is -0.169. The second-order valence-corrected chi connectivity index (χ2v) is 7.03. The number of rotatable bonds is 5. The molecule has 0 aliphatic carbocycles. The summed E-state index contributed by atoms with van der Waals surface area (Å²) in [5, 5.41) is 0. The molecule has 0 aliphatic rings. The lowest BCUT2D eigenvalue weighted by molar-refractivity contribution is 0.101. The van der Waals surface area contributed by atoms with E-state index in [-0.39, 0.29) is 10.7 Å². The molecule has 0 amide bonds. The van der Waals surface area contributed by atoms with E-state index in [0.29, 0.717) is 11.3 Å². The fraction of sp³-hybridized carbons (Fsp3) is 0.250. The van der Waals surface area contributed by atoms with Crippen LogP contribution in [0.4, 0.5) is 0 Å². The fourth-order valence-corrected chi connectivity index (χ4v) is 3.44. The van der Waals surface area contributed by atoms with E-state index < -0.39 is 16.1 Å². The highest BCUT2D eigenvalue weighted by molar-refractivity contribution is 7.89. The van der Waals surface area contributed by atoms with Crippen LogP contribution in [-0.2, 0) is 10.0 Å². The smallest absolute Gasteiger partial charge is 0.243 e. The Bertz CT molecular complexity index is 773. The van der Waals surface area contributed by atoms with Gasteiger partial charge in [0.1, 0.15) is 0 Å². The number of benzene rings is 1. The van der Waals surface area contributed by atoms with Crippen molar-refractivity contribution < 1.29 is 13.2 Å². The highest BCUT2D eigenvalue weighted by Gasteiger charge is 2.27. The monoisotopic (exact) mass is 318 g/mol. The standard InChI is InChI=1S/C16H18N2O3S/c1-12(16-9-4-5-10-17-16)18(3)22(20,21)15-8-6-7-14(11-15)13(2)19/h4-12H,1-3H3. The minimum Gasteiger partial charge on any atom is -0.295 e. The molecule has 1 unspecified atom stereocenters. The van der Waals surface area contributed by atoms with Crippen molar-refractivity contribution in [2.45, 2.75) is 24.8 Å². The molecule has 2 rings (SSSR count). The van der Waals surface area contributed by atoms with Gasteiger partial charge >= 0.3 is 0 Å². The Hall–Kier alpha value is -2.05. The average Bonchev–Trinajstić information content (AvgIpc) is 2.54. The van der Waals surface area contributed by atoms with E-state index in [1.807, 2.05) is 6.07 Å². The summed E-state index contributed by atoms with van der Waals surface area (Å²) in [6.45, 7) is 3.18. The number of ketones is 1. The quantitative estimate of drug-likeness (QED) is 0.795. The Labute approximate surface area is 130 Å². The van der Waals surface area contributed by atoms with Gasteiger partial charge in [-0.1, -0.05) is 18.2 Å². The van der Waals surface area contributed by atoms with Crippen molar-refractivity contribution >= 4 is 15.8 Å². The summed E-state index contributed by atoms with van der Waals surface area (Å²) in [7, 11) is -2.19. The van der Waals surface area contributed by atoms with Crippen LogP contribution in [0.25, 0.3) is 0 Å². The second kappa shape index (κ2) is 6.37. The Kier molecular flexibility index (Phi) is 4.73. The van der Waals surface area contributed by atoms with Crippen molar-refractivity contribution in [3.05, 3.63) is 59.9 Å². The molecule has 1 aromatic heterocycles. The van der Waals surface area contributed by atoms with Crippen LogP contribution >= 0.6 is 0 Å². The van der Waals surface area contributed by atoms with Crippen molar-refractivity contribution in [3.8, 4) is 0 Å². The Balaban J connectivity index is 2.37. The maximum absolute atomic E-state index is 12.7. The van der Waals surface area contributed by atoms with Gasteiger partial charge in [-0.15, -0.1) is 0 Å². The van der Waals surface area contributed by atoms with Gasteiger partial charge in [0.25, 0.3) is 0 Å². The van der Waals surface area contributed by atoms with Gasteiger partial charge in [-0.05, 0) is 38.1 Å². The summed E-state index contributed by atoms with van der Waals surface area (Å²) in [4.78, 5) is 15.7. The first kappa shape index (κ1) is 16.3. The normalized spacial score (nSPS) is 13.1. The maximum Gasteiger partial charge on any atom is 0.243 e. The van der Waals surface area contributed by atoms with Crippen LogP contribution in [0, 0.1) is 0 Å².